The van der Waals surface area contributed by atoms with Crippen molar-refractivity contribution in [3.05, 3.63) is 27.2 Å². The molecule has 13 nitrogen and oxygen atoms in total. The molecule has 136 valence electrons. The van der Waals surface area contributed by atoms with E-state index in [-0.39, 0.29) is 70.3 Å². The van der Waals surface area contributed by atoms with Crippen LogP contribution in [0, 0.1) is 0 Å². The number of phosphoric acid groups is 1. The molecule has 0 bridgehead atoms. The van der Waals surface area contributed by atoms with Crippen molar-refractivity contribution in [1.29, 1.82) is 0 Å². The molecule has 6 N–H and O–H groups in total. The van der Waals surface area contributed by atoms with Crippen molar-refractivity contribution in [3.8, 4) is 0 Å². The van der Waals surface area contributed by atoms with Gasteiger partial charge in [0.1, 0.15) is 24.0 Å². The number of rotatable bonds is 4. The van der Waals surface area contributed by atoms with Gasteiger partial charge in [0.25, 0.3) is 5.56 Å². The van der Waals surface area contributed by atoms with Gasteiger partial charge in [0.2, 0.25) is 0 Å². The minimum absolute atomic E-state index is 0. The van der Waals surface area contributed by atoms with Gasteiger partial charge in [-0.05, 0) is 0 Å². The topological polar surface area (TPSA) is 200 Å². The molecule has 0 amide bonds. The Bertz CT molecular complexity index is 923. The maximum atomic E-state index is 11.6. The number of ether oxygens (including phenoxy) is 1. The SMILES string of the molecule is O=c1[nH]c(=O)c2ncn(C3OC(COP(=O)(O)O)C(O)C3O)c2[nH]1.[NaH].[NaH]. The Labute approximate surface area is 188 Å². The zero-order valence-electron chi connectivity index (χ0n) is 11.8. The molecule has 0 spiro atoms. The van der Waals surface area contributed by atoms with Crippen LogP contribution in [0.15, 0.2) is 15.9 Å². The monoisotopic (exact) mass is 412 g/mol. The third-order valence-corrected chi connectivity index (χ3v) is 3.97. The average molecular weight is 412 g/mol. The number of imidazole rings is 1. The molecule has 1 fully saturated rings. The first-order valence-corrected chi connectivity index (χ1v) is 8.11. The number of H-pyrrole nitrogens is 2. The number of aromatic nitrogens is 4. The van der Waals surface area contributed by atoms with E-state index in [1.165, 1.54) is 0 Å². The Morgan fingerprint density at radius 2 is 1.88 bits per heavy atom. The second-order valence-corrected chi connectivity index (χ2v) is 6.33. The molecule has 16 heteroatoms. The fourth-order valence-corrected chi connectivity index (χ4v) is 2.75. The second-order valence-electron chi connectivity index (χ2n) is 5.09. The van der Waals surface area contributed by atoms with E-state index in [0.717, 1.165) is 10.9 Å². The van der Waals surface area contributed by atoms with Crippen LogP contribution < -0.4 is 11.2 Å². The van der Waals surface area contributed by atoms with Crippen LogP contribution in [0.5, 0.6) is 0 Å². The molecule has 0 radical (unpaired) electrons. The number of nitrogens with zero attached hydrogens (tertiary/aromatic N) is 2. The molecular weight excluding hydrogens is 397 g/mol. The van der Waals surface area contributed by atoms with Crippen molar-refractivity contribution in [3.63, 3.8) is 0 Å². The summed E-state index contributed by atoms with van der Waals surface area (Å²) < 4.78 is 21.4. The van der Waals surface area contributed by atoms with Crippen molar-refractivity contribution in [2.75, 3.05) is 6.61 Å². The van der Waals surface area contributed by atoms with Crippen molar-refractivity contribution >= 4 is 78.1 Å². The van der Waals surface area contributed by atoms with Gasteiger partial charge in [-0.15, -0.1) is 0 Å². The standard InChI is InChI=1S/C10H13N4O9P.2Na.2H/c15-5-3(1-22-24(19,20)21)23-9(6(5)16)14-2-11-4-7(14)12-10(18)13-8(4)17;;;;/h2-3,5-6,9,15-16H,1H2,(H2,19,20,21)(H2,12,13,17,18);;;;. The summed E-state index contributed by atoms with van der Waals surface area (Å²) in [5.41, 5.74) is -1.71. The van der Waals surface area contributed by atoms with E-state index in [9.17, 15) is 24.4 Å². The molecule has 3 rings (SSSR count). The van der Waals surface area contributed by atoms with Crippen LogP contribution >= 0.6 is 7.82 Å². The number of aliphatic hydroxyl groups is 2. The molecule has 4 atom stereocenters. The number of hydrogen-bond donors (Lipinski definition) is 6. The van der Waals surface area contributed by atoms with Gasteiger partial charge >= 0.3 is 72.6 Å². The fraction of sp³-hybridized carbons (Fsp3) is 0.500. The molecule has 3 heterocycles. The van der Waals surface area contributed by atoms with Crippen LogP contribution in [0.25, 0.3) is 11.2 Å². The Morgan fingerprint density at radius 3 is 2.50 bits per heavy atom. The summed E-state index contributed by atoms with van der Waals surface area (Å²) in [5.74, 6) is 0. The summed E-state index contributed by atoms with van der Waals surface area (Å²) in [7, 11) is -4.78. The Kier molecular flexibility index (Phi) is 8.46. The quantitative estimate of drug-likeness (QED) is 0.211. The van der Waals surface area contributed by atoms with Gasteiger partial charge in [0.15, 0.2) is 11.7 Å². The van der Waals surface area contributed by atoms with Gasteiger partial charge in [-0.1, -0.05) is 0 Å². The number of hydrogen-bond acceptors (Lipinski definition) is 8. The van der Waals surface area contributed by atoms with Gasteiger partial charge < -0.3 is 24.7 Å². The van der Waals surface area contributed by atoms with Crippen LogP contribution in [0.4, 0.5) is 0 Å². The first-order valence-electron chi connectivity index (χ1n) is 6.58. The third kappa shape index (κ3) is 4.94. The number of fused-ring (bicyclic) bond motifs is 1. The van der Waals surface area contributed by atoms with E-state index in [1.54, 1.807) is 0 Å². The molecule has 1 saturated heterocycles. The Balaban J connectivity index is 0.00000169. The first-order chi connectivity index (χ1) is 11.2. The van der Waals surface area contributed by atoms with Crippen molar-refractivity contribution in [2.45, 2.75) is 24.5 Å². The van der Waals surface area contributed by atoms with Crippen LogP contribution in [-0.4, -0.2) is 124 Å². The van der Waals surface area contributed by atoms with E-state index >= 15 is 0 Å². The molecular formula is C10H15N4Na2O9P. The van der Waals surface area contributed by atoms with Crippen LogP contribution in [0.2, 0.25) is 0 Å². The first kappa shape index (κ1) is 24.2. The number of nitrogens with one attached hydrogen (secondary N) is 2. The number of aromatic amines is 2. The normalized spacial score (nSPS) is 25.7. The molecule has 26 heavy (non-hydrogen) atoms. The molecule has 2 aromatic heterocycles. The average Bonchev–Trinajstić information content (AvgIpc) is 3.00. The predicted octanol–water partition coefficient (Wildman–Crippen LogP) is -4.16. The van der Waals surface area contributed by atoms with E-state index < -0.39 is 50.2 Å². The molecule has 4 unspecified atom stereocenters. The van der Waals surface area contributed by atoms with E-state index in [0.29, 0.717) is 0 Å². The van der Waals surface area contributed by atoms with Gasteiger partial charge in [0.05, 0.1) is 12.9 Å². The minimum atomic E-state index is -4.78. The molecule has 0 saturated carbocycles. The Hall–Kier alpha value is 0.140. The van der Waals surface area contributed by atoms with E-state index in [2.05, 4.69) is 14.5 Å². The molecule has 0 aliphatic carbocycles. The van der Waals surface area contributed by atoms with Crippen LogP contribution in [0.3, 0.4) is 0 Å². The summed E-state index contributed by atoms with van der Waals surface area (Å²) in [5, 5.41) is 20.0. The fourth-order valence-electron chi connectivity index (χ4n) is 2.41. The van der Waals surface area contributed by atoms with Crippen molar-refractivity contribution < 1.29 is 33.8 Å². The summed E-state index contributed by atoms with van der Waals surface area (Å²) >= 11 is 0. The predicted molar refractivity (Wildman–Crippen MR) is 89.2 cm³/mol. The Morgan fingerprint density at radius 1 is 1.23 bits per heavy atom. The van der Waals surface area contributed by atoms with Gasteiger partial charge in [-0.2, -0.15) is 0 Å². The summed E-state index contributed by atoms with van der Waals surface area (Å²) in [6.45, 7) is -0.678. The number of aliphatic hydroxyl groups excluding tert-OH is 2. The summed E-state index contributed by atoms with van der Waals surface area (Å²) in [6, 6.07) is 0. The summed E-state index contributed by atoms with van der Waals surface area (Å²) in [4.78, 5) is 48.5. The third-order valence-electron chi connectivity index (χ3n) is 3.49. The van der Waals surface area contributed by atoms with Crippen LogP contribution in [-0.2, 0) is 13.8 Å². The second kappa shape index (κ2) is 9.09. The maximum absolute atomic E-state index is 11.6. The van der Waals surface area contributed by atoms with Gasteiger partial charge in [-0.25, -0.2) is 14.3 Å². The van der Waals surface area contributed by atoms with E-state index in [1.807, 2.05) is 4.98 Å². The number of phosphoric ester groups is 1. The van der Waals surface area contributed by atoms with Crippen molar-refractivity contribution in [2.24, 2.45) is 0 Å². The van der Waals surface area contributed by atoms with E-state index in [4.69, 9.17) is 14.5 Å². The van der Waals surface area contributed by atoms with Gasteiger partial charge in [0, 0.05) is 0 Å². The van der Waals surface area contributed by atoms with Crippen molar-refractivity contribution in [1.82, 2.24) is 19.5 Å². The zero-order chi connectivity index (χ0) is 17.6. The van der Waals surface area contributed by atoms with Gasteiger partial charge in [-0.3, -0.25) is 23.9 Å². The zero-order valence-corrected chi connectivity index (χ0v) is 12.7. The summed E-state index contributed by atoms with van der Waals surface area (Å²) in [6.07, 6.45) is -4.43. The molecule has 1 aliphatic rings. The van der Waals surface area contributed by atoms with Crippen LogP contribution in [0.1, 0.15) is 6.23 Å². The molecule has 2 aromatic rings. The molecule has 0 aromatic carbocycles. The molecule has 1 aliphatic heterocycles.